The number of nitrogens with one attached hydrogen (secondary N) is 3. The topological polar surface area (TPSA) is 202 Å². The van der Waals surface area contributed by atoms with E-state index in [2.05, 4.69) is 16.0 Å². The molecule has 16 nitrogen and oxygen atoms in total. The molecule has 10 unspecified atom stereocenters. The number of aliphatic hydroxyl groups excluding tert-OH is 1. The normalized spacial score (nSPS) is 43.8. The SMILES string of the molecule is CCC1OC(=O)C(C)C(O[C@H]2C[C@@](C)(OC)[C@](O)(CNCCN(C)C)[C@H](C)O2)C(C)C(O[C@@H]2O[C@H](C)C[C@H](NC)[C@H]2Oc2ccccc2)C(C)(O)CC(C)CNC(C)C(O)C1(C)O. The molecule has 4 rings (SSSR count). The van der Waals surface area contributed by atoms with Crippen molar-refractivity contribution < 1.29 is 58.4 Å². The molecule has 0 saturated carbocycles. The second-order valence-electron chi connectivity index (χ2n) is 19.8. The molecule has 364 valence electrons. The molecule has 63 heavy (non-hydrogen) atoms. The number of likely N-dealkylation sites (N-methyl/N-ethyl adjacent to an activating group) is 2. The standard InChI is InChI=1S/C47H84N4O12/c1-15-36-46(10,55)40(52)32(6)50-26-28(2)24-44(8,54)41(63-43-39(35(48-11)23-29(3)58-43)60-34-19-17-16-18-20-34)30(4)38(31(5)42(53)61-36)62-37-25-45(9,57-14)47(56,33(7)59-37)27-49-21-22-51(12)13/h16-20,28-33,35-41,43,48-50,52,54-56H,15,21-27H2,1-14H3/t28?,29-,30?,31?,32?,33+,35+,36?,37+,38?,39-,40?,41?,43+,44?,45-,46?,47+/m1/s1. The summed E-state index contributed by atoms with van der Waals surface area (Å²) in [4.78, 5) is 16.6. The highest BCUT2D eigenvalue weighted by molar-refractivity contribution is 5.73. The van der Waals surface area contributed by atoms with Crippen molar-refractivity contribution in [2.45, 2.75) is 185 Å². The van der Waals surface area contributed by atoms with Crippen LogP contribution in [0.2, 0.25) is 0 Å². The number of para-hydroxylation sites is 1. The Balaban J connectivity index is 1.82. The van der Waals surface area contributed by atoms with Gasteiger partial charge in [-0.3, -0.25) is 4.79 Å². The Hall–Kier alpha value is -2.03. The minimum Gasteiger partial charge on any atom is -0.483 e. The molecule has 0 radical (unpaired) electrons. The van der Waals surface area contributed by atoms with Gasteiger partial charge in [-0.15, -0.1) is 0 Å². The molecule has 3 aliphatic rings. The van der Waals surface area contributed by atoms with Crippen LogP contribution in [0.4, 0.5) is 0 Å². The van der Waals surface area contributed by atoms with Gasteiger partial charge in [-0.2, -0.15) is 0 Å². The van der Waals surface area contributed by atoms with E-state index in [9.17, 15) is 25.2 Å². The molecule has 7 N–H and O–H groups in total. The first-order valence-electron chi connectivity index (χ1n) is 23.1. The molecule has 1 aromatic rings. The van der Waals surface area contributed by atoms with Crippen LogP contribution >= 0.6 is 0 Å². The van der Waals surface area contributed by atoms with E-state index < -0.39 is 95.5 Å². The van der Waals surface area contributed by atoms with Crippen molar-refractivity contribution >= 4 is 5.97 Å². The molecule has 3 fully saturated rings. The molecule has 0 spiro atoms. The molecule has 0 aromatic heterocycles. The summed E-state index contributed by atoms with van der Waals surface area (Å²) >= 11 is 0. The maximum Gasteiger partial charge on any atom is 0.311 e. The first kappa shape index (κ1) is 53.6. The Morgan fingerprint density at radius 3 is 2.22 bits per heavy atom. The third-order valence-corrected chi connectivity index (χ3v) is 14.1. The van der Waals surface area contributed by atoms with E-state index in [0.29, 0.717) is 25.3 Å². The van der Waals surface area contributed by atoms with E-state index in [1.54, 1.807) is 41.7 Å². The number of esters is 1. The van der Waals surface area contributed by atoms with Crippen LogP contribution in [-0.2, 0) is 33.2 Å². The van der Waals surface area contributed by atoms with Gasteiger partial charge in [0.2, 0.25) is 0 Å². The van der Waals surface area contributed by atoms with E-state index in [-0.39, 0.29) is 43.9 Å². The van der Waals surface area contributed by atoms with E-state index in [1.807, 2.05) is 84.1 Å². The van der Waals surface area contributed by atoms with Crippen LogP contribution in [0.1, 0.15) is 94.9 Å². The number of hydrogen-bond donors (Lipinski definition) is 7. The number of ether oxygens (including phenoxy) is 7. The number of benzene rings is 1. The van der Waals surface area contributed by atoms with Crippen molar-refractivity contribution in [3.63, 3.8) is 0 Å². The lowest BCUT2D eigenvalue weighted by Gasteiger charge is -2.53. The van der Waals surface area contributed by atoms with Crippen molar-refractivity contribution in [2.24, 2.45) is 17.8 Å². The van der Waals surface area contributed by atoms with Gasteiger partial charge in [0.15, 0.2) is 18.7 Å². The molecule has 18 atom stereocenters. The molecule has 1 aromatic carbocycles. The van der Waals surface area contributed by atoms with Gasteiger partial charge in [0, 0.05) is 45.1 Å². The Morgan fingerprint density at radius 1 is 0.952 bits per heavy atom. The monoisotopic (exact) mass is 897 g/mol. The lowest BCUT2D eigenvalue weighted by molar-refractivity contribution is -0.335. The van der Waals surface area contributed by atoms with Crippen LogP contribution in [0.15, 0.2) is 30.3 Å². The van der Waals surface area contributed by atoms with Crippen molar-refractivity contribution in [3.05, 3.63) is 30.3 Å². The zero-order valence-electron chi connectivity index (χ0n) is 40.6. The molecule has 0 bridgehead atoms. The number of rotatable bonds is 14. The highest BCUT2D eigenvalue weighted by Crippen LogP contribution is 2.43. The lowest BCUT2D eigenvalue weighted by atomic mass is 9.75. The minimum atomic E-state index is -1.82. The van der Waals surface area contributed by atoms with Gasteiger partial charge in [0.1, 0.15) is 34.8 Å². The fourth-order valence-corrected chi connectivity index (χ4v) is 9.91. The van der Waals surface area contributed by atoms with Crippen LogP contribution in [0.3, 0.4) is 0 Å². The van der Waals surface area contributed by atoms with Gasteiger partial charge in [-0.25, -0.2) is 0 Å². The molecular weight excluding hydrogens is 813 g/mol. The van der Waals surface area contributed by atoms with Crippen LogP contribution in [0.5, 0.6) is 5.75 Å². The Bertz CT molecular complexity index is 1540. The summed E-state index contributed by atoms with van der Waals surface area (Å²) in [6.45, 7) is 19.8. The third kappa shape index (κ3) is 12.9. The number of hydrogen-bond acceptors (Lipinski definition) is 16. The van der Waals surface area contributed by atoms with Crippen molar-refractivity contribution in [1.29, 1.82) is 0 Å². The highest BCUT2D eigenvalue weighted by Gasteiger charge is 2.58. The van der Waals surface area contributed by atoms with E-state index in [1.165, 1.54) is 6.92 Å². The predicted molar refractivity (Wildman–Crippen MR) is 240 cm³/mol. The molecule has 3 aliphatic heterocycles. The lowest BCUT2D eigenvalue weighted by Crippen LogP contribution is -2.70. The summed E-state index contributed by atoms with van der Waals surface area (Å²) < 4.78 is 46.0. The first-order chi connectivity index (χ1) is 29.4. The number of nitrogens with zero attached hydrogens (tertiary/aromatic N) is 1. The molecule has 3 heterocycles. The summed E-state index contributed by atoms with van der Waals surface area (Å²) in [5.41, 5.74) is -6.01. The van der Waals surface area contributed by atoms with Gasteiger partial charge < -0.3 is 74.4 Å². The molecule has 0 amide bonds. The first-order valence-corrected chi connectivity index (χ1v) is 23.1. The highest BCUT2D eigenvalue weighted by atomic mass is 16.7. The van der Waals surface area contributed by atoms with E-state index in [4.69, 9.17) is 33.2 Å². The number of carbonyl (C=O) groups is 1. The Labute approximate surface area is 377 Å². The van der Waals surface area contributed by atoms with Crippen LogP contribution in [0.25, 0.3) is 0 Å². The largest absolute Gasteiger partial charge is 0.483 e. The maximum absolute atomic E-state index is 14.5. The predicted octanol–water partition coefficient (Wildman–Crippen LogP) is 2.82. The van der Waals surface area contributed by atoms with Crippen LogP contribution in [-0.4, -0.2) is 176 Å². The fraction of sp³-hybridized carbons (Fsp3) is 0.851. The zero-order valence-corrected chi connectivity index (χ0v) is 40.6. The van der Waals surface area contributed by atoms with Gasteiger partial charge in [0.05, 0.1) is 42.0 Å². The quantitative estimate of drug-likeness (QED) is 0.106. The second-order valence-corrected chi connectivity index (χ2v) is 19.8. The van der Waals surface area contributed by atoms with Crippen LogP contribution in [0, 0.1) is 17.8 Å². The summed E-state index contributed by atoms with van der Waals surface area (Å²) in [7, 11) is 7.38. The average Bonchev–Trinajstić information content (AvgIpc) is 3.23. The van der Waals surface area contributed by atoms with Gasteiger partial charge in [0.25, 0.3) is 0 Å². The summed E-state index contributed by atoms with van der Waals surface area (Å²) in [6.07, 6.45) is -6.93. The van der Waals surface area contributed by atoms with Gasteiger partial charge in [-0.1, -0.05) is 39.0 Å². The van der Waals surface area contributed by atoms with Crippen molar-refractivity contribution in [2.75, 3.05) is 54.4 Å². The number of methoxy groups -OCH3 is 1. The van der Waals surface area contributed by atoms with Crippen molar-refractivity contribution in [3.8, 4) is 5.75 Å². The second kappa shape index (κ2) is 22.6. The smallest absolute Gasteiger partial charge is 0.311 e. The Morgan fingerprint density at radius 2 is 1.62 bits per heavy atom. The summed E-state index contributed by atoms with van der Waals surface area (Å²) in [5, 5.41) is 58.5. The molecular formula is C47H84N4O12. The minimum absolute atomic E-state index is 0.0891. The third-order valence-electron chi connectivity index (χ3n) is 14.1. The summed E-state index contributed by atoms with van der Waals surface area (Å²) in [5.74, 6) is -2.01. The average molecular weight is 897 g/mol. The van der Waals surface area contributed by atoms with Crippen molar-refractivity contribution in [1.82, 2.24) is 20.9 Å². The van der Waals surface area contributed by atoms with E-state index in [0.717, 1.165) is 6.54 Å². The number of carbonyl (C=O) groups excluding carboxylic acids is 1. The number of aliphatic hydroxyl groups is 4. The number of cyclic esters (lactones) is 1. The zero-order chi connectivity index (χ0) is 47.1. The fourth-order valence-electron chi connectivity index (χ4n) is 9.91. The molecule has 0 aliphatic carbocycles. The Kier molecular flexibility index (Phi) is 19.3. The summed E-state index contributed by atoms with van der Waals surface area (Å²) in [6, 6.07) is 8.66. The molecule has 16 heteroatoms. The van der Waals surface area contributed by atoms with E-state index >= 15 is 0 Å². The van der Waals surface area contributed by atoms with Gasteiger partial charge >= 0.3 is 5.97 Å². The van der Waals surface area contributed by atoms with Gasteiger partial charge in [-0.05, 0) is 113 Å². The molecule has 3 saturated heterocycles. The maximum atomic E-state index is 14.5. The van der Waals surface area contributed by atoms with Crippen LogP contribution < -0.4 is 20.7 Å².